The molecule has 1 atom stereocenters. The van der Waals surface area contributed by atoms with Gasteiger partial charge in [0.25, 0.3) is 0 Å². The van der Waals surface area contributed by atoms with Crippen LogP contribution in [0.3, 0.4) is 0 Å². The molecule has 1 aromatic carbocycles. The van der Waals surface area contributed by atoms with Gasteiger partial charge >= 0.3 is 0 Å². The van der Waals surface area contributed by atoms with Gasteiger partial charge in [-0.25, -0.2) is 0 Å². The Morgan fingerprint density at radius 2 is 2.05 bits per heavy atom. The van der Waals surface area contributed by atoms with E-state index in [9.17, 15) is 4.79 Å². The number of benzene rings is 1. The minimum Gasteiger partial charge on any atom is -0.367 e. The lowest BCUT2D eigenvalue weighted by molar-refractivity contribution is -0.131. The van der Waals surface area contributed by atoms with Crippen molar-refractivity contribution in [1.82, 2.24) is 4.90 Å². The predicted octanol–water partition coefficient (Wildman–Crippen LogP) is 2.03. The number of hydrogen-bond acceptors (Lipinski definition) is 3. The molecule has 0 spiro atoms. The molecule has 0 aromatic heterocycles. The SMILES string of the molecule is CCN(CC)C(=O)CC(CN)N1CCCc2ccccc21. The largest absolute Gasteiger partial charge is 0.367 e. The number of nitrogens with two attached hydrogens (primary N) is 1. The van der Waals surface area contributed by atoms with E-state index in [1.54, 1.807) is 0 Å². The normalized spacial score (nSPS) is 15.5. The van der Waals surface area contributed by atoms with Gasteiger partial charge in [-0.2, -0.15) is 0 Å². The van der Waals surface area contributed by atoms with Crippen LogP contribution in [0.1, 0.15) is 32.3 Å². The minimum atomic E-state index is 0.0968. The number of nitrogens with zero attached hydrogens (tertiary/aromatic N) is 2. The number of rotatable bonds is 6. The molecule has 0 saturated carbocycles. The molecule has 0 aliphatic carbocycles. The molecule has 1 unspecified atom stereocenters. The van der Waals surface area contributed by atoms with Gasteiger partial charge in [-0.05, 0) is 38.3 Å². The van der Waals surface area contributed by atoms with Crippen LogP contribution in [0, 0.1) is 0 Å². The molecule has 0 fully saturated rings. The summed E-state index contributed by atoms with van der Waals surface area (Å²) in [5.41, 5.74) is 8.61. The second kappa shape index (κ2) is 7.46. The van der Waals surface area contributed by atoms with Gasteiger partial charge in [0.1, 0.15) is 0 Å². The van der Waals surface area contributed by atoms with E-state index < -0.39 is 0 Å². The quantitative estimate of drug-likeness (QED) is 0.871. The number of fused-ring (bicyclic) bond motifs is 1. The highest BCUT2D eigenvalue weighted by molar-refractivity contribution is 5.77. The molecule has 116 valence electrons. The number of aryl methyl sites for hydroxylation is 1. The maximum atomic E-state index is 12.4. The van der Waals surface area contributed by atoms with E-state index in [1.165, 1.54) is 11.3 Å². The molecular formula is C17H27N3O. The maximum Gasteiger partial charge on any atom is 0.224 e. The summed E-state index contributed by atoms with van der Waals surface area (Å²) in [5, 5.41) is 0. The number of carbonyl (C=O) groups excluding carboxylic acids is 1. The lowest BCUT2D eigenvalue weighted by Gasteiger charge is -2.38. The first kappa shape index (κ1) is 15.8. The minimum absolute atomic E-state index is 0.0968. The second-order valence-electron chi connectivity index (χ2n) is 5.59. The standard InChI is InChI=1S/C17H27N3O/c1-3-19(4-2)17(21)12-15(13-18)20-11-7-9-14-8-5-6-10-16(14)20/h5-6,8,10,15H,3-4,7,9,11-13,18H2,1-2H3. The molecule has 1 aromatic rings. The van der Waals surface area contributed by atoms with Crippen LogP contribution in [0.5, 0.6) is 0 Å². The van der Waals surface area contributed by atoms with E-state index in [0.717, 1.165) is 32.5 Å². The van der Waals surface area contributed by atoms with Crippen molar-refractivity contribution in [1.29, 1.82) is 0 Å². The van der Waals surface area contributed by atoms with Gasteiger partial charge in [0.15, 0.2) is 0 Å². The molecule has 21 heavy (non-hydrogen) atoms. The summed E-state index contributed by atoms with van der Waals surface area (Å²) in [6.45, 7) is 7.09. The molecule has 0 radical (unpaired) electrons. The molecular weight excluding hydrogens is 262 g/mol. The number of amides is 1. The zero-order valence-electron chi connectivity index (χ0n) is 13.2. The molecule has 0 bridgehead atoms. The monoisotopic (exact) mass is 289 g/mol. The summed E-state index contributed by atoms with van der Waals surface area (Å²) in [6, 6.07) is 8.58. The first-order valence-corrected chi connectivity index (χ1v) is 8.03. The zero-order chi connectivity index (χ0) is 15.2. The molecule has 1 amide bonds. The van der Waals surface area contributed by atoms with Gasteiger partial charge < -0.3 is 15.5 Å². The fraction of sp³-hybridized carbons (Fsp3) is 0.588. The van der Waals surface area contributed by atoms with Crippen LogP contribution in [0.2, 0.25) is 0 Å². The maximum absolute atomic E-state index is 12.4. The third-order valence-corrected chi connectivity index (χ3v) is 4.39. The molecule has 0 saturated heterocycles. The van der Waals surface area contributed by atoms with E-state index in [-0.39, 0.29) is 11.9 Å². The third kappa shape index (κ3) is 3.56. The van der Waals surface area contributed by atoms with Crippen molar-refractivity contribution >= 4 is 11.6 Å². The Hall–Kier alpha value is -1.55. The van der Waals surface area contributed by atoms with Crippen LogP contribution in [-0.2, 0) is 11.2 Å². The Balaban J connectivity index is 2.13. The predicted molar refractivity (Wildman–Crippen MR) is 87.5 cm³/mol. The summed E-state index contributed by atoms with van der Waals surface area (Å²) in [7, 11) is 0. The molecule has 4 heteroatoms. The van der Waals surface area contributed by atoms with Gasteiger partial charge in [0.05, 0.1) is 0 Å². The summed E-state index contributed by atoms with van der Waals surface area (Å²) >= 11 is 0. The third-order valence-electron chi connectivity index (χ3n) is 4.39. The average Bonchev–Trinajstić information content (AvgIpc) is 2.53. The van der Waals surface area contributed by atoms with Crippen molar-refractivity contribution in [3.8, 4) is 0 Å². The summed E-state index contributed by atoms with van der Waals surface area (Å²) in [4.78, 5) is 16.6. The van der Waals surface area contributed by atoms with Gasteiger partial charge in [-0.1, -0.05) is 18.2 Å². The Morgan fingerprint density at radius 1 is 1.33 bits per heavy atom. The van der Waals surface area contributed by atoms with Gasteiger partial charge in [0.2, 0.25) is 5.91 Å². The van der Waals surface area contributed by atoms with Gasteiger partial charge in [-0.3, -0.25) is 4.79 Å². The van der Waals surface area contributed by atoms with Crippen LogP contribution < -0.4 is 10.6 Å². The number of para-hydroxylation sites is 1. The van der Waals surface area contributed by atoms with Crippen LogP contribution >= 0.6 is 0 Å². The van der Waals surface area contributed by atoms with Crippen LogP contribution in [0.15, 0.2) is 24.3 Å². The fourth-order valence-electron chi connectivity index (χ4n) is 3.17. The first-order chi connectivity index (χ1) is 10.2. The lowest BCUT2D eigenvalue weighted by Crippen LogP contribution is -2.47. The average molecular weight is 289 g/mol. The molecule has 1 aliphatic heterocycles. The second-order valence-corrected chi connectivity index (χ2v) is 5.59. The molecule has 1 aliphatic rings. The highest BCUT2D eigenvalue weighted by Gasteiger charge is 2.26. The smallest absolute Gasteiger partial charge is 0.224 e. The van der Waals surface area contributed by atoms with Crippen LogP contribution in [0.4, 0.5) is 5.69 Å². The Morgan fingerprint density at radius 3 is 2.71 bits per heavy atom. The van der Waals surface area contributed by atoms with Crippen molar-refractivity contribution in [2.24, 2.45) is 5.73 Å². The van der Waals surface area contributed by atoms with E-state index in [4.69, 9.17) is 5.73 Å². The number of anilines is 1. The summed E-state index contributed by atoms with van der Waals surface area (Å²) in [5.74, 6) is 0.207. The Bertz CT molecular complexity index is 471. The van der Waals surface area contributed by atoms with Crippen molar-refractivity contribution in [3.63, 3.8) is 0 Å². The van der Waals surface area contributed by atoms with E-state index in [0.29, 0.717) is 13.0 Å². The summed E-state index contributed by atoms with van der Waals surface area (Å²) in [6.07, 6.45) is 2.76. The van der Waals surface area contributed by atoms with E-state index in [2.05, 4.69) is 29.2 Å². The molecule has 2 rings (SSSR count). The van der Waals surface area contributed by atoms with Gasteiger partial charge in [0, 0.05) is 44.3 Å². The zero-order valence-corrected chi connectivity index (χ0v) is 13.2. The van der Waals surface area contributed by atoms with Crippen molar-refractivity contribution < 1.29 is 4.79 Å². The molecule has 4 nitrogen and oxygen atoms in total. The highest BCUT2D eigenvalue weighted by Crippen LogP contribution is 2.29. The van der Waals surface area contributed by atoms with Crippen molar-refractivity contribution in [2.75, 3.05) is 31.1 Å². The lowest BCUT2D eigenvalue weighted by atomic mass is 9.98. The van der Waals surface area contributed by atoms with Crippen LogP contribution in [0.25, 0.3) is 0 Å². The Kier molecular flexibility index (Phi) is 5.62. The van der Waals surface area contributed by atoms with Crippen molar-refractivity contribution in [2.45, 2.75) is 39.2 Å². The van der Waals surface area contributed by atoms with Crippen LogP contribution in [-0.4, -0.2) is 43.0 Å². The Labute approximate surface area is 127 Å². The van der Waals surface area contributed by atoms with Gasteiger partial charge in [-0.15, -0.1) is 0 Å². The molecule has 1 heterocycles. The summed E-state index contributed by atoms with van der Waals surface area (Å²) < 4.78 is 0. The number of carbonyl (C=O) groups is 1. The first-order valence-electron chi connectivity index (χ1n) is 8.03. The molecule has 2 N–H and O–H groups in total. The number of hydrogen-bond donors (Lipinski definition) is 1. The van der Waals surface area contributed by atoms with Crippen molar-refractivity contribution in [3.05, 3.63) is 29.8 Å². The van der Waals surface area contributed by atoms with E-state index in [1.807, 2.05) is 18.7 Å². The van der Waals surface area contributed by atoms with E-state index >= 15 is 0 Å². The highest BCUT2D eigenvalue weighted by atomic mass is 16.2. The topological polar surface area (TPSA) is 49.6 Å². The fourth-order valence-corrected chi connectivity index (χ4v) is 3.17.